The smallest absolute Gasteiger partial charge is 0.243 e. The van der Waals surface area contributed by atoms with Gasteiger partial charge in [-0.3, -0.25) is 0 Å². The van der Waals surface area contributed by atoms with Crippen molar-refractivity contribution in [3.05, 3.63) is 58.9 Å². The van der Waals surface area contributed by atoms with Gasteiger partial charge in [-0.15, -0.1) is 0 Å². The number of rotatable bonds is 8. The Morgan fingerprint density at radius 1 is 1.17 bits per heavy atom. The molecule has 1 heterocycles. The van der Waals surface area contributed by atoms with Crippen molar-refractivity contribution in [2.75, 3.05) is 20.8 Å². The quantitative estimate of drug-likeness (QED) is 0.501. The summed E-state index contributed by atoms with van der Waals surface area (Å²) in [6.07, 6.45) is 0. The van der Waals surface area contributed by atoms with Crippen LogP contribution in [0.5, 0.6) is 11.5 Å². The number of sulfonamides is 1. The first-order valence-corrected chi connectivity index (χ1v) is 11.1. The first-order chi connectivity index (χ1) is 14.3. The lowest BCUT2D eigenvalue weighted by Crippen LogP contribution is -2.27. The minimum atomic E-state index is -3.77. The molecule has 1 aromatic heterocycles. The average molecular weight is 451 g/mol. The lowest BCUT2D eigenvalue weighted by atomic mass is 10.2. The maximum absolute atomic E-state index is 12.9. The number of aromatic nitrogens is 1. The van der Waals surface area contributed by atoms with E-state index in [1.165, 1.54) is 36.7 Å². The van der Waals surface area contributed by atoms with Crippen LogP contribution in [-0.4, -0.2) is 38.5 Å². The van der Waals surface area contributed by atoms with E-state index in [2.05, 4.69) is 4.98 Å². The van der Waals surface area contributed by atoms with Gasteiger partial charge >= 0.3 is 0 Å². The standard InChI is InChI=1S/C21H23ClN2O5S/c1-5-28-16-8-6-15(7-9-16)21-23-19(14(2)29-21)13-24(3)30(25,26)17-10-11-20(27-4)18(22)12-17/h6-12H,5,13H2,1-4H3. The molecule has 0 aliphatic rings. The molecular weight excluding hydrogens is 428 g/mol. The third kappa shape index (κ3) is 4.61. The Morgan fingerprint density at radius 3 is 2.47 bits per heavy atom. The molecule has 0 radical (unpaired) electrons. The predicted molar refractivity (Wildman–Crippen MR) is 115 cm³/mol. The summed E-state index contributed by atoms with van der Waals surface area (Å²) in [5.41, 5.74) is 1.31. The summed E-state index contributed by atoms with van der Waals surface area (Å²) in [7, 11) is -0.820. The molecule has 0 N–H and O–H groups in total. The molecule has 0 aliphatic heterocycles. The number of methoxy groups -OCH3 is 1. The Balaban J connectivity index is 1.81. The molecule has 0 saturated carbocycles. The molecule has 0 unspecified atom stereocenters. The van der Waals surface area contributed by atoms with Gasteiger partial charge in [0, 0.05) is 12.6 Å². The van der Waals surface area contributed by atoms with Crippen LogP contribution in [-0.2, 0) is 16.6 Å². The van der Waals surface area contributed by atoms with Crippen LogP contribution in [0.25, 0.3) is 11.5 Å². The van der Waals surface area contributed by atoms with E-state index in [9.17, 15) is 8.42 Å². The molecule has 9 heteroatoms. The molecule has 30 heavy (non-hydrogen) atoms. The highest BCUT2D eigenvalue weighted by Gasteiger charge is 2.24. The van der Waals surface area contributed by atoms with Crippen molar-refractivity contribution in [2.24, 2.45) is 0 Å². The van der Waals surface area contributed by atoms with Crippen LogP contribution >= 0.6 is 11.6 Å². The number of hydrogen-bond donors (Lipinski definition) is 0. The van der Waals surface area contributed by atoms with E-state index in [1.807, 2.05) is 31.2 Å². The van der Waals surface area contributed by atoms with Gasteiger partial charge in [0.15, 0.2) is 0 Å². The summed E-state index contributed by atoms with van der Waals surface area (Å²) in [5.74, 6) is 2.14. The number of oxazole rings is 1. The van der Waals surface area contributed by atoms with Crippen molar-refractivity contribution >= 4 is 21.6 Å². The fraction of sp³-hybridized carbons (Fsp3) is 0.286. The zero-order valence-electron chi connectivity index (χ0n) is 17.2. The monoisotopic (exact) mass is 450 g/mol. The molecule has 160 valence electrons. The maximum Gasteiger partial charge on any atom is 0.243 e. The minimum absolute atomic E-state index is 0.0539. The zero-order chi connectivity index (χ0) is 21.9. The number of hydrogen-bond acceptors (Lipinski definition) is 6. The van der Waals surface area contributed by atoms with E-state index >= 15 is 0 Å². The second-order valence-electron chi connectivity index (χ2n) is 6.54. The molecule has 7 nitrogen and oxygen atoms in total. The van der Waals surface area contributed by atoms with E-state index in [0.717, 1.165) is 11.3 Å². The normalized spacial score (nSPS) is 11.7. The number of benzene rings is 2. The van der Waals surface area contributed by atoms with Gasteiger partial charge in [-0.1, -0.05) is 11.6 Å². The van der Waals surface area contributed by atoms with Crippen molar-refractivity contribution in [3.63, 3.8) is 0 Å². The summed E-state index contributed by atoms with van der Waals surface area (Å²) >= 11 is 6.08. The zero-order valence-corrected chi connectivity index (χ0v) is 18.7. The first-order valence-electron chi connectivity index (χ1n) is 9.25. The highest BCUT2D eigenvalue weighted by atomic mass is 35.5. The molecule has 0 bridgehead atoms. The second kappa shape index (κ2) is 9.07. The average Bonchev–Trinajstić information content (AvgIpc) is 3.09. The summed E-state index contributed by atoms with van der Waals surface area (Å²) in [4.78, 5) is 4.56. The van der Waals surface area contributed by atoms with E-state index < -0.39 is 10.0 Å². The number of aryl methyl sites for hydroxylation is 1. The maximum atomic E-state index is 12.9. The molecule has 0 aliphatic carbocycles. The number of halogens is 1. The first kappa shape index (κ1) is 22.1. The molecule has 3 rings (SSSR count). The van der Waals surface area contributed by atoms with E-state index in [1.54, 1.807) is 6.92 Å². The largest absolute Gasteiger partial charge is 0.495 e. The van der Waals surface area contributed by atoms with Gasteiger partial charge in [-0.25, -0.2) is 13.4 Å². The Morgan fingerprint density at radius 2 is 1.87 bits per heavy atom. The van der Waals surface area contributed by atoms with E-state index in [-0.39, 0.29) is 16.5 Å². The van der Waals surface area contributed by atoms with Gasteiger partial charge in [-0.05, 0) is 56.3 Å². The lowest BCUT2D eigenvalue weighted by molar-refractivity contribution is 0.340. The second-order valence-corrected chi connectivity index (χ2v) is 8.99. The van der Waals surface area contributed by atoms with Crippen molar-refractivity contribution in [1.29, 1.82) is 0 Å². The van der Waals surface area contributed by atoms with Crippen molar-refractivity contribution in [2.45, 2.75) is 25.3 Å². The summed E-state index contributed by atoms with van der Waals surface area (Å²) in [6.45, 7) is 4.31. The van der Waals surface area contributed by atoms with Crippen molar-refractivity contribution in [3.8, 4) is 23.0 Å². The topological polar surface area (TPSA) is 81.9 Å². The van der Waals surface area contributed by atoms with E-state index in [0.29, 0.717) is 29.7 Å². The van der Waals surface area contributed by atoms with Crippen LogP contribution in [0, 0.1) is 6.92 Å². The minimum Gasteiger partial charge on any atom is -0.495 e. The molecular formula is C21H23ClN2O5S. The van der Waals surface area contributed by atoms with Gasteiger partial charge in [0.2, 0.25) is 15.9 Å². The Bertz CT molecular complexity index is 1130. The fourth-order valence-corrected chi connectivity index (χ4v) is 4.32. The Hall–Kier alpha value is -2.55. The fourth-order valence-electron chi connectivity index (χ4n) is 2.84. The van der Waals surface area contributed by atoms with E-state index in [4.69, 9.17) is 25.5 Å². The van der Waals surface area contributed by atoms with Gasteiger partial charge in [0.05, 0.1) is 35.9 Å². The highest BCUT2D eigenvalue weighted by molar-refractivity contribution is 7.89. The molecule has 0 amide bonds. The molecule has 2 aromatic carbocycles. The van der Waals surface area contributed by atoms with Gasteiger partial charge in [0.1, 0.15) is 17.3 Å². The SMILES string of the molecule is CCOc1ccc(-c2nc(CN(C)S(=O)(=O)c3ccc(OC)c(Cl)c3)c(C)o2)cc1. The van der Waals surface area contributed by atoms with Crippen LogP contribution in [0.3, 0.4) is 0 Å². The Labute approximate surface area is 181 Å². The van der Waals surface area contributed by atoms with Crippen LogP contribution < -0.4 is 9.47 Å². The Kier molecular flexibility index (Phi) is 6.70. The number of ether oxygens (including phenoxy) is 2. The molecule has 3 aromatic rings. The van der Waals surface area contributed by atoms with Gasteiger partial charge in [0.25, 0.3) is 0 Å². The van der Waals surface area contributed by atoms with Crippen LogP contribution in [0.4, 0.5) is 0 Å². The van der Waals surface area contributed by atoms with Gasteiger partial charge < -0.3 is 13.9 Å². The predicted octanol–water partition coefficient (Wildman–Crippen LogP) is 4.53. The molecule has 0 saturated heterocycles. The van der Waals surface area contributed by atoms with Crippen LogP contribution in [0.15, 0.2) is 51.8 Å². The highest BCUT2D eigenvalue weighted by Crippen LogP contribution is 2.29. The molecule has 0 spiro atoms. The van der Waals surface area contributed by atoms with Crippen molar-refractivity contribution < 1.29 is 22.3 Å². The molecule has 0 atom stereocenters. The third-order valence-corrected chi connectivity index (χ3v) is 6.60. The lowest BCUT2D eigenvalue weighted by Gasteiger charge is -2.17. The summed E-state index contributed by atoms with van der Waals surface area (Å²) in [6, 6.07) is 11.7. The van der Waals surface area contributed by atoms with Crippen molar-refractivity contribution in [1.82, 2.24) is 9.29 Å². The third-order valence-electron chi connectivity index (χ3n) is 4.51. The number of nitrogens with zero attached hydrogens (tertiary/aromatic N) is 2. The summed E-state index contributed by atoms with van der Waals surface area (Å²) < 4.78 is 43.3. The van der Waals surface area contributed by atoms with Crippen LogP contribution in [0.2, 0.25) is 5.02 Å². The molecule has 0 fully saturated rings. The van der Waals surface area contributed by atoms with Gasteiger partial charge in [-0.2, -0.15) is 4.31 Å². The summed E-state index contributed by atoms with van der Waals surface area (Å²) in [5, 5.41) is 0.224. The van der Waals surface area contributed by atoms with Crippen LogP contribution in [0.1, 0.15) is 18.4 Å².